The first-order valence-corrected chi connectivity index (χ1v) is 11.8. The van der Waals surface area contributed by atoms with Crippen molar-refractivity contribution in [2.45, 2.75) is 64.8 Å². The van der Waals surface area contributed by atoms with Crippen molar-refractivity contribution in [3.8, 4) is 11.1 Å². The number of rotatable bonds is 7. The minimum absolute atomic E-state index is 0.151. The first kappa shape index (κ1) is 24.9. The lowest BCUT2D eigenvalue weighted by Crippen LogP contribution is -2.56. The highest BCUT2D eigenvalue weighted by Crippen LogP contribution is 2.27. The highest BCUT2D eigenvalue weighted by molar-refractivity contribution is 5.91. The zero-order valence-electron chi connectivity index (χ0n) is 20.3. The number of hydrogen-bond acceptors (Lipinski definition) is 4. The van der Waals surface area contributed by atoms with Gasteiger partial charge in [0.1, 0.15) is 6.04 Å². The zero-order chi connectivity index (χ0) is 24.2. The molecule has 3 rings (SSSR count). The quantitative estimate of drug-likeness (QED) is 0.602. The number of nitrogens with one attached hydrogen (secondary N) is 2. The molecule has 1 fully saturated rings. The monoisotopic (exact) mass is 451 g/mol. The molecule has 3 N–H and O–H groups in total. The molecule has 1 aliphatic heterocycles. The van der Waals surface area contributed by atoms with Crippen molar-refractivity contribution in [1.29, 1.82) is 0 Å². The lowest BCUT2D eigenvalue weighted by atomic mass is 9.86. The number of amides is 2. The second kappa shape index (κ2) is 10.5. The number of likely N-dealkylation sites (tertiary alicyclic amines) is 1. The first-order valence-electron chi connectivity index (χ1n) is 11.8. The SMILES string of the molecule is CCC(NC(=O)[C@@H]1C[C@@H](O)CN1C(=O)[C@@H](NC)C(C)(C)C)c1ccc(-c2ccccc2)cc1. The molecule has 4 atom stereocenters. The lowest BCUT2D eigenvalue weighted by molar-refractivity contribution is -0.142. The maximum absolute atomic E-state index is 13.3. The Bertz CT molecular complexity index is 937. The predicted molar refractivity (Wildman–Crippen MR) is 131 cm³/mol. The van der Waals surface area contributed by atoms with Crippen LogP contribution >= 0.6 is 0 Å². The van der Waals surface area contributed by atoms with E-state index in [1.165, 1.54) is 4.90 Å². The molecule has 178 valence electrons. The van der Waals surface area contributed by atoms with Crippen LogP contribution < -0.4 is 10.6 Å². The van der Waals surface area contributed by atoms with Gasteiger partial charge in [0, 0.05) is 13.0 Å². The summed E-state index contributed by atoms with van der Waals surface area (Å²) in [6.45, 7) is 8.16. The summed E-state index contributed by atoms with van der Waals surface area (Å²) in [5.74, 6) is -0.371. The minimum atomic E-state index is -0.701. The van der Waals surface area contributed by atoms with Gasteiger partial charge in [-0.15, -0.1) is 0 Å². The molecule has 2 aromatic carbocycles. The summed E-state index contributed by atoms with van der Waals surface area (Å²) < 4.78 is 0. The highest BCUT2D eigenvalue weighted by Gasteiger charge is 2.43. The molecule has 1 saturated heterocycles. The van der Waals surface area contributed by atoms with E-state index in [9.17, 15) is 14.7 Å². The smallest absolute Gasteiger partial charge is 0.243 e. The molecule has 0 aliphatic carbocycles. The van der Waals surface area contributed by atoms with Gasteiger partial charge in [-0.2, -0.15) is 0 Å². The number of hydrogen-bond donors (Lipinski definition) is 3. The number of aliphatic hydroxyl groups excluding tert-OH is 1. The Morgan fingerprint density at radius 2 is 1.67 bits per heavy atom. The van der Waals surface area contributed by atoms with E-state index < -0.39 is 18.2 Å². The fourth-order valence-electron chi connectivity index (χ4n) is 4.63. The van der Waals surface area contributed by atoms with Gasteiger partial charge in [0.15, 0.2) is 0 Å². The fraction of sp³-hybridized carbons (Fsp3) is 0.481. The van der Waals surface area contributed by atoms with E-state index in [2.05, 4.69) is 34.9 Å². The average Bonchev–Trinajstić information content (AvgIpc) is 3.19. The molecule has 1 heterocycles. The number of nitrogens with zero attached hydrogens (tertiary/aromatic N) is 1. The molecule has 33 heavy (non-hydrogen) atoms. The molecule has 6 nitrogen and oxygen atoms in total. The van der Waals surface area contributed by atoms with Gasteiger partial charge >= 0.3 is 0 Å². The Labute approximate surface area is 197 Å². The Kier molecular flexibility index (Phi) is 7.92. The standard InChI is InChI=1S/C27H37N3O3/c1-6-22(20-14-12-19(13-15-20)18-10-8-7-9-11-18)29-25(32)23-16-21(31)17-30(23)26(33)24(28-5)27(2,3)4/h7-15,21-24,28,31H,6,16-17H2,1-5H3,(H,29,32)/t21-,22?,23+,24-/m1/s1. The van der Waals surface area contributed by atoms with Crippen LogP contribution in [0.3, 0.4) is 0 Å². The van der Waals surface area contributed by atoms with Crippen molar-refractivity contribution in [2.75, 3.05) is 13.6 Å². The summed E-state index contributed by atoms with van der Waals surface area (Å²) in [6, 6.07) is 17.1. The molecule has 2 aromatic rings. The Balaban J connectivity index is 1.74. The van der Waals surface area contributed by atoms with Crippen LogP contribution in [0.5, 0.6) is 0 Å². The van der Waals surface area contributed by atoms with E-state index in [-0.39, 0.29) is 36.2 Å². The average molecular weight is 452 g/mol. The second-order valence-corrected chi connectivity index (χ2v) is 9.94. The first-order chi connectivity index (χ1) is 15.7. The van der Waals surface area contributed by atoms with E-state index >= 15 is 0 Å². The number of carbonyl (C=O) groups is 2. The third kappa shape index (κ3) is 5.81. The number of carbonyl (C=O) groups excluding carboxylic acids is 2. The van der Waals surface area contributed by atoms with Gasteiger partial charge in [0.25, 0.3) is 0 Å². The topological polar surface area (TPSA) is 81.7 Å². The van der Waals surface area contributed by atoms with Crippen molar-refractivity contribution >= 4 is 11.8 Å². The Hall–Kier alpha value is -2.70. The van der Waals surface area contributed by atoms with Gasteiger partial charge in [-0.05, 0) is 35.6 Å². The predicted octanol–water partition coefficient (Wildman–Crippen LogP) is 3.52. The van der Waals surface area contributed by atoms with Gasteiger partial charge in [-0.1, -0.05) is 82.3 Å². The third-order valence-corrected chi connectivity index (χ3v) is 6.41. The summed E-state index contributed by atoms with van der Waals surface area (Å²) in [6.07, 6.45) is 0.273. The summed E-state index contributed by atoms with van der Waals surface area (Å²) in [7, 11) is 1.75. The molecule has 0 radical (unpaired) electrons. The van der Waals surface area contributed by atoms with Crippen LogP contribution in [0.1, 0.15) is 52.1 Å². The van der Waals surface area contributed by atoms with E-state index in [1.54, 1.807) is 7.05 Å². The molecule has 0 bridgehead atoms. The largest absolute Gasteiger partial charge is 0.391 e. The molecule has 1 unspecified atom stereocenters. The number of benzene rings is 2. The van der Waals surface area contributed by atoms with Crippen LogP contribution in [0.4, 0.5) is 0 Å². The molecular weight excluding hydrogens is 414 g/mol. The van der Waals surface area contributed by atoms with Crippen LogP contribution in [-0.2, 0) is 9.59 Å². The number of aliphatic hydroxyl groups is 1. The van der Waals surface area contributed by atoms with E-state index in [0.29, 0.717) is 0 Å². The van der Waals surface area contributed by atoms with Gasteiger partial charge in [0.2, 0.25) is 11.8 Å². The van der Waals surface area contributed by atoms with Crippen LogP contribution in [0.25, 0.3) is 11.1 Å². The Morgan fingerprint density at radius 1 is 1.06 bits per heavy atom. The van der Waals surface area contributed by atoms with Gasteiger partial charge in [-0.3, -0.25) is 9.59 Å². The molecule has 0 saturated carbocycles. The van der Waals surface area contributed by atoms with Gasteiger partial charge in [0.05, 0.1) is 18.2 Å². The summed E-state index contributed by atoms with van der Waals surface area (Å²) in [5.41, 5.74) is 2.97. The Morgan fingerprint density at radius 3 is 2.21 bits per heavy atom. The maximum atomic E-state index is 13.3. The third-order valence-electron chi connectivity index (χ3n) is 6.41. The summed E-state index contributed by atoms with van der Waals surface area (Å²) in [4.78, 5) is 28.1. The molecule has 6 heteroatoms. The van der Waals surface area contributed by atoms with Crippen LogP contribution in [0, 0.1) is 5.41 Å². The van der Waals surface area contributed by atoms with Gasteiger partial charge in [-0.25, -0.2) is 0 Å². The molecule has 0 aromatic heterocycles. The van der Waals surface area contributed by atoms with E-state index in [1.807, 2.05) is 58.0 Å². The molecular formula is C27H37N3O3. The lowest BCUT2D eigenvalue weighted by Gasteiger charge is -2.35. The normalized spacial score (nSPS) is 20.4. The van der Waals surface area contributed by atoms with Crippen molar-refractivity contribution in [3.05, 3.63) is 60.2 Å². The van der Waals surface area contributed by atoms with Crippen molar-refractivity contribution in [2.24, 2.45) is 5.41 Å². The zero-order valence-corrected chi connectivity index (χ0v) is 20.3. The second-order valence-electron chi connectivity index (χ2n) is 9.94. The summed E-state index contributed by atoms with van der Waals surface area (Å²) >= 11 is 0. The molecule has 1 aliphatic rings. The maximum Gasteiger partial charge on any atom is 0.243 e. The summed E-state index contributed by atoms with van der Waals surface area (Å²) in [5, 5.41) is 16.5. The van der Waals surface area contributed by atoms with Crippen LogP contribution in [0.2, 0.25) is 0 Å². The van der Waals surface area contributed by atoms with E-state index in [0.717, 1.165) is 23.1 Å². The van der Waals surface area contributed by atoms with Gasteiger partial charge < -0.3 is 20.6 Å². The molecule has 2 amide bonds. The number of likely N-dealkylation sites (N-methyl/N-ethyl adjacent to an activating group) is 1. The van der Waals surface area contributed by atoms with Crippen LogP contribution in [-0.4, -0.2) is 53.6 Å². The minimum Gasteiger partial charge on any atom is -0.391 e. The van der Waals surface area contributed by atoms with E-state index in [4.69, 9.17) is 0 Å². The van der Waals surface area contributed by atoms with Crippen molar-refractivity contribution in [1.82, 2.24) is 15.5 Å². The fourth-order valence-corrected chi connectivity index (χ4v) is 4.63. The number of β-amino-alcohol motifs (C(OH)–C–C–N with tert-alkyl or cyclic N) is 1. The van der Waals surface area contributed by atoms with Crippen molar-refractivity contribution < 1.29 is 14.7 Å². The van der Waals surface area contributed by atoms with Crippen molar-refractivity contribution in [3.63, 3.8) is 0 Å². The highest BCUT2D eigenvalue weighted by atomic mass is 16.3. The molecule has 0 spiro atoms. The van der Waals surface area contributed by atoms with Crippen LogP contribution in [0.15, 0.2) is 54.6 Å².